The largest absolute Gasteiger partial charge is 0.406 e. The summed E-state index contributed by atoms with van der Waals surface area (Å²) >= 11 is 7.05. The topological polar surface area (TPSA) is 88.6 Å². The number of rotatable bonds is 6. The molecule has 1 fully saturated rings. The predicted octanol–water partition coefficient (Wildman–Crippen LogP) is 5.64. The Morgan fingerprint density at radius 1 is 1.34 bits per heavy atom. The van der Waals surface area contributed by atoms with Gasteiger partial charge in [0.1, 0.15) is 6.54 Å². The molecule has 0 unspecified atom stereocenters. The summed E-state index contributed by atoms with van der Waals surface area (Å²) in [5.41, 5.74) is 1.37. The molecule has 14 heteroatoms. The van der Waals surface area contributed by atoms with Gasteiger partial charge in [-0.05, 0) is 31.3 Å². The Kier molecular flexibility index (Phi) is 7.25. The molecule has 0 saturated carbocycles. The number of hydrogen-bond acceptors (Lipinski definition) is 7. The maximum atomic E-state index is 14.6. The summed E-state index contributed by atoms with van der Waals surface area (Å²) in [5, 5.41) is 8.44. The van der Waals surface area contributed by atoms with Crippen LogP contribution in [0.25, 0.3) is 22.4 Å². The predicted molar refractivity (Wildman–Crippen MR) is 136 cm³/mol. The van der Waals surface area contributed by atoms with Crippen molar-refractivity contribution in [1.29, 1.82) is 0 Å². The van der Waals surface area contributed by atoms with Gasteiger partial charge in [0.15, 0.2) is 6.17 Å². The number of nitrogens with zero attached hydrogens (tertiary/aromatic N) is 5. The second kappa shape index (κ2) is 10.5. The second-order valence-corrected chi connectivity index (χ2v) is 10.4. The molecule has 0 bridgehead atoms. The van der Waals surface area contributed by atoms with Crippen molar-refractivity contribution in [1.82, 2.24) is 24.9 Å². The molecule has 1 atom stereocenters. The van der Waals surface area contributed by atoms with Crippen molar-refractivity contribution in [2.75, 3.05) is 20.1 Å². The normalized spacial score (nSPS) is 17.9. The molecule has 1 N–H and O–H groups in total. The van der Waals surface area contributed by atoms with E-state index < -0.39 is 24.8 Å². The third kappa shape index (κ3) is 5.74. The second-order valence-electron chi connectivity index (χ2n) is 8.86. The van der Waals surface area contributed by atoms with Crippen LogP contribution < -0.4 is 5.32 Å². The summed E-state index contributed by atoms with van der Waals surface area (Å²) < 4.78 is 62.0. The van der Waals surface area contributed by atoms with Crippen LogP contribution >= 0.6 is 22.9 Å². The maximum Gasteiger partial charge on any atom is 0.406 e. The molecule has 1 aliphatic rings. The van der Waals surface area contributed by atoms with Crippen molar-refractivity contribution < 1.29 is 26.9 Å². The Morgan fingerprint density at radius 3 is 2.87 bits per heavy atom. The Morgan fingerprint density at radius 2 is 2.16 bits per heavy atom. The number of benzene rings is 1. The molecule has 1 aliphatic heterocycles. The minimum Gasteiger partial charge on any atom is -0.343 e. The summed E-state index contributed by atoms with van der Waals surface area (Å²) in [6, 6.07) is 7.74. The quantitative estimate of drug-likeness (QED) is 0.304. The molecule has 1 aromatic carbocycles. The number of aliphatic imine (C=N–C) groups is 1. The molecular formula is C24H21ClF4N6O2S. The fraction of sp³-hybridized carbons (Fsp3) is 0.333. The molecule has 4 aromatic rings. The van der Waals surface area contributed by atoms with E-state index >= 15 is 0 Å². The number of halogens is 5. The highest BCUT2D eigenvalue weighted by atomic mass is 35.5. The van der Waals surface area contributed by atoms with Crippen LogP contribution in [0.15, 0.2) is 45.2 Å². The molecule has 1 amide bonds. The summed E-state index contributed by atoms with van der Waals surface area (Å²) in [5.74, 6) is -0.497. The number of aromatic nitrogens is 3. The number of amides is 1. The van der Waals surface area contributed by atoms with Crippen LogP contribution in [-0.2, 0) is 13.1 Å². The molecule has 1 saturated heterocycles. The van der Waals surface area contributed by atoms with Gasteiger partial charge in [-0.15, -0.1) is 11.3 Å². The Hall–Kier alpha value is -3.29. The van der Waals surface area contributed by atoms with Crippen molar-refractivity contribution >= 4 is 51.1 Å². The van der Waals surface area contributed by atoms with Crippen LogP contribution in [-0.4, -0.2) is 63.7 Å². The zero-order chi connectivity index (χ0) is 27.0. The maximum absolute atomic E-state index is 14.6. The first-order chi connectivity index (χ1) is 18.1. The molecule has 4 heterocycles. The lowest BCUT2D eigenvalue weighted by molar-refractivity contribution is -0.139. The van der Waals surface area contributed by atoms with E-state index in [1.165, 1.54) is 29.5 Å². The van der Waals surface area contributed by atoms with E-state index in [1.807, 2.05) is 11.9 Å². The number of hydrogen-bond donors (Lipinski definition) is 1. The van der Waals surface area contributed by atoms with E-state index in [9.17, 15) is 22.4 Å². The smallest absolute Gasteiger partial charge is 0.343 e. The summed E-state index contributed by atoms with van der Waals surface area (Å²) in [6.45, 7) is -0.597. The van der Waals surface area contributed by atoms with Crippen molar-refractivity contribution in [3.8, 4) is 11.5 Å². The van der Waals surface area contributed by atoms with E-state index in [1.54, 1.807) is 17.5 Å². The zero-order valence-electron chi connectivity index (χ0n) is 19.9. The van der Waals surface area contributed by atoms with E-state index in [0.29, 0.717) is 39.7 Å². The number of carbonyl (C=O) groups excluding carboxylic acids is 1. The van der Waals surface area contributed by atoms with Gasteiger partial charge in [0, 0.05) is 30.3 Å². The number of carbonyl (C=O) groups is 1. The van der Waals surface area contributed by atoms with Gasteiger partial charge >= 0.3 is 6.18 Å². The number of thiophene rings is 1. The molecule has 0 aliphatic carbocycles. The molecule has 8 nitrogen and oxygen atoms in total. The lowest BCUT2D eigenvalue weighted by Crippen LogP contribution is -2.39. The SMILES string of the molecule is CN1CC/C(=N\c2cccc3c2cc(-c2noc(CNC(=O)c4csc(Cl)c4)n2)n3CC(F)(F)F)[C@@H](F)C1. The molecule has 3 aromatic heterocycles. The molecular weight excluding hydrogens is 548 g/mol. The standard InChI is InChI=1S/C24H21ClF4N6O2S/c1-34-6-5-17(15(26)10-34)31-16-3-2-4-18-14(16)8-19(35(18)12-24(27,28)29)22-32-21(37-33-22)9-30-23(36)13-7-20(25)38-11-13/h2-4,7-8,11,15H,5-6,9-10,12H2,1H3,(H,30,36)/b31-17+/t15-/m0/s1. The highest BCUT2D eigenvalue weighted by Crippen LogP contribution is 2.35. The van der Waals surface area contributed by atoms with Crippen molar-refractivity contribution in [2.45, 2.75) is 31.9 Å². The van der Waals surface area contributed by atoms with Gasteiger partial charge in [-0.1, -0.05) is 22.8 Å². The fourth-order valence-corrected chi connectivity index (χ4v) is 5.09. The highest BCUT2D eigenvalue weighted by molar-refractivity contribution is 7.14. The molecule has 200 valence electrons. The van der Waals surface area contributed by atoms with Crippen molar-refractivity contribution in [3.05, 3.63) is 51.5 Å². The first kappa shape index (κ1) is 26.3. The summed E-state index contributed by atoms with van der Waals surface area (Å²) in [4.78, 5) is 22.8. The fourth-order valence-electron chi connectivity index (χ4n) is 4.23. The average molecular weight is 569 g/mol. The third-order valence-corrected chi connectivity index (χ3v) is 7.13. The van der Waals surface area contributed by atoms with E-state index in [0.717, 1.165) is 4.57 Å². The Bertz CT molecular complexity index is 1510. The van der Waals surface area contributed by atoms with Gasteiger partial charge in [-0.2, -0.15) is 18.2 Å². The highest BCUT2D eigenvalue weighted by Gasteiger charge is 2.31. The Labute approximate surface area is 222 Å². The first-order valence-electron chi connectivity index (χ1n) is 11.5. The van der Waals surface area contributed by atoms with Crippen molar-refractivity contribution in [3.63, 3.8) is 0 Å². The lowest BCUT2D eigenvalue weighted by atomic mass is 10.1. The van der Waals surface area contributed by atoms with Crippen molar-refractivity contribution in [2.24, 2.45) is 4.99 Å². The average Bonchev–Trinajstić information content (AvgIpc) is 3.58. The van der Waals surface area contributed by atoms with E-state index in [4.69, 9.17) is 16.1 Å². The Balaban J connectivity index is 1.47. The van der Waals surface area contributed by atoms with Crippen LogP contribution in [0.2, 0.25) is 4.34 Å². The monoisotopic (exact) mass is 568 g/mol. The van der Waals surface area contributed by atoms with Crippen LogP contribution in [0.4, 0.5) is 23.2 Å². The number of likely N-dealkylation sites (tertiary alicyclic amines) is 1. The van der Waals surface area contributed by atoms with E-state index in [2.05, 4.69) is 20.4 Å². The van der Waals surface area contributed by atoms with Gasteiger partial charge in [0.25, 0.3) is 5.91 Å². The van der Waals surface area contributed by atoms with Crippen LogP contribution in [0.3, 0.4) is 0 Å². The minimum atomic E-state index is -4.54. The third-order valence-electron chi connectivity index (χ3n) is 6.03. The van der Waals surface area contributed by atoms with Crippen LogP contribution in [0.1, 0.15) is 22.7 Å². The first-order valence-corrected chi connectivity index (χ1v) is 12.8. The summed E-state index contributed by atoms with van der Waals surface area (Å²) in [6.07, 6.45) is -5.38. The number of nitrogens with one attached hydrogen (secondary N) is 1. The minimum absolute atomic E-state index is 0.00514. The van der Waals surface area contributed by atoms with Gasteiger partial charge < -0.3 is 19.3 Å². The molecule has 5 rings (SSSR count). The zero-order valence-corrected chi connectivity index (χ0v) is 21.5. The van der Waals surface area contributed by atoms with Gasteiger partial charge in [-0.3, -0.25) is 9.79 Å². The number of fused-ring (bicyclic) bond motifs is 1. The molecule has 0 radical (unpaired) electrons. The molecule has 0 spiro atoms. The van der Waals surface area contributed by atoms with Gasteiger partial charge in [0.05, 0.1) is 39.1 Å². The van der Waals surface area contributed by atoms with Crippen LogP contribution in [0.5, 0.6) is 0 Å². The van der Waals surface area contributed by atoms with Gasteiger partial charge in [0.2, 0.25) is 11.7 Å². The van der Waals surface area contributed by atoms with Gasteiger partial charge in [-0.25, -0.2) is 4.39 Å². The number of piperidine rings is 1. The molecule has 38 heavy (non-hydrogen) atoms. The number of alkyl halides is 4. The van der Waals surface area contributed by atoms with Crippen LogP contribution in [0, 0.1) is 0 Å². The lowest BCUT2D eigenvalue weighted by Gasteiger charge is -2.26. The summed E-state index contributed by atoms with van der Waals surface area (Å²) in [7, 11) is 1.82. The van der Waals surface area contributed by atoms with E-state index in [-0.39, 0.29) is 36.0 Å².